The normalized spacial score (nSPS) is 13.0. The molecule has 1 unspecified atom stereocenters. The second kappa shape index (κ2) is 7.06. The first kappa shape index (κ1) is 16.9. The van der Waals surface area contributed by atoms with Gasteiger partial charge in [0.25, 0.3) is 5.91 Å². The Kier molecular flexibility index (Phi) is 5.98. The van der Waals surface area contributed by atoms with Crippen LogP contribution >= 0.6 is 11.6 Å². The van der Waals surface area contributed by atoms with E-state index < -0.39 is 9.84 Å². The number of ether oxygens (including phenoxy) is 1. The number of sulfone groups is 1. The van der Waals surface area contributed by atoms with Crippen LogP contribution in [0.4, 0.5) is 0 Å². The van der Waals surface area contributed by atoms with E-state index in [9.17, 15) is 13.2 Å². The molecular weight excluding hydrogens is 302 g/mol. The second-order valence-electron chi connectivity index (χ2n) is 4.54. The lowest BCUT2D eigenvalue weighted by Crippen LogP contribution is -2.34. The van der Waals surface area contributed by atoms with Gasteiger partial charge in [-0.15, -0.1) is 11.6 Å². The van der Waals surface area contributed by atoms with Crippen molar-refractivity contribution < 1.29 is 17.9 Å². The van der Waals surface area contributed by atoms with E-state index in [0.29, 0.717) is 18.7 Å². The van der Waals surface area contributed by atoms with E-state index in [2.05, 4.69) is 0 Å². The van der Waals surface area contributed by atoms with E-state index >= 15 is 0 Å². The number of rotatable bonds is 6. The molecule has 0 aliphatic heterocycles. The molecule has 0 fully saturated rings. The number of hydrogen-bond donors (Lipinski definition) is 0. The van der Waals surface area contributed by atoms with Crippen LogP contribution in [0.3, 0.4) is 0 Å². The molecule has 0 radical (unpaired) electrons. The molecule has 112 valence electrons. The summed E-state index contributed by atoms with van der Waals surface area (Å²) in [5.41, 5.74) is 0.316. The third-order valence-electron chi connectivity index (χ3n) is 2.68. The third-order valence-corrected chi connectivity index (χ3v) is 4.05. The summed E-state index contributed by atoms with van der Waals surface area (Å²) in [5, 5.41) is -0.313. The maximum Gasteiger partial charge on any atom is 0.253 e. The number of benzene rings is 1. The number of methoxy groups -OCH3 is 1. The molecule has 0 aliphatic rings. The highest BCUT2D eigenvalue weighted by Crippen LogP contribution is 2.13. The van der Waals surface area contributed by atoms with E-state index in [1.165, 1.54) is 24.1 Å². The first-order chi connectivity index (χ1) is 9.25. The van der Waals surface area contributed by atoms with Crippen LogP contribution in [0.5, 0.6) is 0 Å². The van der Waals surface area contributed by atoms with Gasteiger partial charge in [-0.05, 0) is 18.2 Å². The predicted octanol–water partition coefficient (Wildman–Crippen LogP) is 1.42. The van der Waals surface area contributed by atoms with Crippen LogP contribution in [-0.2, 0) is 14.6 Å². The Labute approximate surface area is 124 Å². The lowest BCUT2D eigenvalue weighted by Gasteiger charge is -2.20. The highest BCUT2D eigenvalue weighted by Gasteiger charge is 2.17. The molecule has 5 nitrogen and oxygen atoms in total. The lowest BCUT2D eigenvalue weighted by molar-refractivity contribution is 0.0781. The topological polar surface area (TPSA) is 63.7 Å². The lowest BCUT2D eigenvalue weighted by atomic mass is 10.2. The number of halogens is 1. The number of carbonyl (C=O) groups excluding carboxylic acids is 1. The fourth-order valence-corrected chi connectivity index (χ4v) is 2.69. The van der Waals surface area contributed by atoms with Crippen LogP contribution in [0.1, 0.15) is 10.4 Å². The van der Waals surface area contributed by atoms with E-state index in [-0.39, 0.29) is 16.2 Å². The van der Waals surface area contributed by atoms with E-state index in [1.54, 1.807) is 19.2 Å². The molecule has 1 aromatic carbocycles. The van der Waals surface area contributed by atoms with Crippen molar-refractivity contribution >= 4 is 27.3 Å². The number of amides is 1. The van der Waals surface area contributed by atoms with Crippen LogP contribution in [0.25, 0.3) is 0 Å². The summed E-state index contributed by atoms with van der Waals surface area (Å²) in [7, 11) is -0.187. The molecule has 1 aromatic rings. The van der Waals surface area contributed by atoms with Crippen molar-refractivity contribution in [2.75, 3.05) is 33.6 Å². The van der Waals surface area contributed by atoms with E-state index in [4.69, 9.17) is 16.3 Å². The molecule has 20 heavy (non-hydrogen) atoms. The minimum Gasteiger partial charge on any atom is -0.383 e. The second-order valence-corrected chi connectivity index (χ2v) is 7.17. The zero-order valence-corrected chi connectivity index (χ0v) is 13.2. The predicted molar refractivity (Wildman–Crippen MR) is 78.0 cm³/mol. The molecule has 0 aromatic heterocycles. The molecule has 0 N–H and O–H groups in total. The van der Waals surface area contributed by atoms with Crippen LogP contribution in [0.2, 0.25) is 0 Å². The van der Waals surface area contributed by atoms with E-state index in [0.717, 1.165) is 6.26 Å². The summed E-state index contributed by atoms with van der Waals surface area (Å²) in [4.78, 5) is 13.8. The number of carbonyl (C=O) groups is 1. The number of nitrogens with zero attached hydrogens (tertiary/aromatic N) is 1. The van der Waals surface area contributed by atoms with Crippen molar-refractivity contribution in [1.29, 1.82) is 0 Å². The van der Waals surface area contributed by atoms with Crippen molar-refractivity contribution in [1.82, 2.24) is 4.90 Å². The van der Waals surface area contributed by atoms with Crippen molar-refractivity contribution in [2.24, 2.45) is 0 Å². The molecule has 7 heteroatoms. The first-order valence-electron chi connectivity index (χ1n) is 5.94. The Morgan fingerprint density at radius 1 is 1.45 bits per heavy atom. The molecule has 0 bridgehead atoms. The van der Waals surface area contributed by atoms with Gasteiger partial charge in [0.05, 0.1) is 16.9 Å². The van der Waals surface area contributed by atoms with Gasteiger partial charge in [0.2, 0.25) is 0 Å². The maximum atomic E-state index is 12.2. The van der Waals surface area contributed by atoms with Gasteiger partial charge >= 0.3 is 0 Å². The fraction of sp³-hybridized carbons (Fsp3) is 0.462. The highest BCUT2D eigenvalue weighted by atomic mass is 35.5. The van der Waals surface area contributed by atoms with Crippen molar-refractivity contribution in [2.45, 2.75) is 10.3 Å². The van der Waals surface area contributed by atoms with Gasteiger partial charge in [-0.1, -0.05) is 6.07 Å². The van der Waals surface area contributed by atoms with Crippen LogP contribution in [0.15, 0.2) is 29.2 Å². The molecule has 0 aliphatic carbocycles. The SMILES string of the molecule is COCC(Cl)CN(C)C(=O)c1cccc(S(C)(=O)=O)c1. The minimum atomic E-state index is -3.33. The monoisotopic (exact) mass is 319 g/mol. The third kappa shape index (κ3) is 4.77. The smallest absolute Gasteiger partial charge is 0.253 e. The van der Waals surface area contributed by atoms with Crippen molar-refractivity contribution in [3.63, 3.8) is 0 Å². The molecule has 0 saturated carbocycles. The highest BCUT2D eigenvalue weighted by molar-refractivity contribution is 7.90. The quantitative estimate of drug-likeness (QED) is 0.744. The fourth-order valence-electron chi connectivity index (χ4n) is 1.69. The summed E-state index contributed by atoms with van der Waals surface area (Å²) in [6.07, 6.45) is 1.10. The Morgan fingerprint density at radius 3 is 2.65 bits per heavy atom. The molecule has 1 amide bonds. The Morgan fingerprint density at radius 2 is 2.10 bits per heavy atom. The average Bonchev–Trinajstić information content (AvgIpc) is 2.37. The Bertz CT molecular complexity index is 573. The van der Waals surface area contributed by atoms with Gasteiger partial charge in [0, 0.05) is 32.5 Å². The van der Waals surface area contributed by atoms with Gasteiger partial charge in [-0.3, -0.25) is 4.79 Å². The summed E-state index contributed by atoms with van der Waals surface area (Å²) >= 11 is 6.00. The summed E-state index contributed by atoms with van der Waals surface area (Å²) in [6.45, 7) is 0.653. The minimum absolute atomic E-state index is 0.121. The zero-order valence-electron chi connectivity index (χ0n) is 11.7. The summed E-state index contributed by atoms with van der Waals surface area (Å²) in [5.74, 6) is -0.280. The maximum absolute atomic E-state index is 12.2. The Balaban J connectivity index is 2.87. The van der Waals surface area contributed by atoms with Gasteiger partial charge in [-0.25, -0.2) is 8.42 Å². The molecule has 0 saturated heterocycles. The van der Waals surface area contributed by atoms with Crippen molar-refractivity contribution in [3.8, 4) is 0 Å². The molecule has 1 atom stereocenters. The first-order valence-corrected chi connectivity index (χ1v) is 8.27. The number of hydrogen-bond acceptors (Lipinski definition) is 4. The van der Waals surface area contributed by atoms with Gasteiger partial charge < -0.3 is 9.64 Å². The average molecular weight is 320 g/mol. The molecule has 0 heterocycles. The van der Waals surface area contributed by atoms with E-state index in [1.807, 2.05) is 0 Å². The number of alkyl halides is 1. The van der Waals surface area contributed by atoms with Gasteiger partial charge in [-0.2, -0.15) is 0 Å². The summed E-state index contributed by atoms with van der Waals surface area (Å²) in [6, 6.07) is 5.95. The molecular formula is C13H18ClNO4S. The van der Waals surface area contributed by atoms with Gasteiger partial charge in [0.15, 0.2) is 9.84 Å². The van der Waals surface area contributed by atoms with Crippen LogP contribution in [0, 0.1) is 0 Å². The zero-order chi connectivity index (χ0) is 15.3. The molecule has 0 spiro atoms. The summed E-state index contributed by atoms with van der Waals surface area (Å²) < 4.78 is 27.9. The van der Waals surface area contributed by atoms with Crippen molar-refractivity contribution in [3.05, 3.63) is 29.8 Å². The van der Waals surface area contributed by atoms with Gasteiger partial charge in [0.1, 0.15) is 0 Å². The van der Waals surface area contributed by atoms with Crippen LogP contribution in [-0.4, -0.2) is 58.2 Å². The Hall–Kier alpha value is -1.11. The standard InChI is InChI=1S/C13H18ClNO4S/c1-15(8-11(14)9-19-2)13(16)10-5-4-6-12(7-10)20(3,17)18/h4-7,11H,8-9H2,1-3H3. The largest absolute Gasteiger partial charge is 0.383 e. The van der Waals surface area contributed by atoms with Crippen LogP contribution < -0.4 is 0 Å². The molecule has 1 rings (SSSR count).